The molecular formula is C16H14N2O5S. The normalized spacial score (nSPS) is 17.4. The van der Waals surface area contributed by atoms with E-state index >= 15 is 0 Å². The van der Waals surface area contributed by atoms with Gasteiger partial charge in [-0.25, -0.2) is 17.9 Å². The Kier molecular flexibility index (Phi) is 3.43. The molecule has 1 aliphatic rings. The van der Waals surface area contributed by atoms with Gasteiger partial charge < -0.3 is 9.15 Å². The largest absolute Gasteiger partial charge is 0.493 e. The Bertz CT molecular complexity index is 1070. The fourth-order valence-corrected chi connectivity index (χ4v) is 4.08. The molecule has 0 radical (unpaired) electrons. The van der Waals surface area contributed by atoms with Crippen molar-refractivity contribution in [2.45, 2.75) is 17.4 Å². The summed E-state index contributed by atoms with van der Waals surface area (Å²) < 4.78 is 38.5. The van der Waals surface area contributed by atoms with Crippen LogP contribution in [0.25, 0.3) is 11.1 Å². The number of ether oxygens (including phenoxy) is 1. The van der Waals surface area contributed by atoms with Crippen LogP contribution < -0.4 is 15.2 Å². The lowest BCUT2D eigenvalue weighted by molar-refractivity contribution is 0.263. The second-order valence-electron chi connectivity index (χ2n) is 5.52. The molecule has 0 saturated carbocycles. The van der Waals surface area contributed by atoms with E-state index in [0.717, 1.165) is 5.56 Å². The van der Waals surface area contributed by atoms with E-state index in [9.17, 15) is 13.2 Å². The minimum atomic E-state index is -3.77. The van der Waals surface area contributed by atoms with Gasteiger partial charge in [0.05, 0.1) is 23.1 Å². The fourth-order valence-electron chi connectivity index (χ4n) is 2.81. The Morgan fingerprint density at radius 1 is 1.17 bits per heavy atom. The van der Waals surface area contributed by atoms with Crippen LogP contribution in [0.15, 0.2) is 56.6 Å². The number of oxazole rings is 1. The van der Waals surface area contributed by atoms with Gasteiger partial charge in [-0.3, -0.25) is 4.98 Å². The first-order valence-corrected chi connectivity index (χ1v) is 8.88. The van der Waals surface area contributed by atoms with Crippen LogP contribution in [0.2, 0.25) is 0 Å². The number of sulfonamides is 1. The quantitative estimate of drug-likeness (QED) is 0.754. The average molecular weight is 346 g/mol. The molecule has 1 unspecified atom stereocenters. The van der Waals surface area contributed by atoms with Gasteiger partial charge in [0, 0.05) is 18.1 Å². The molecule has 0 aliphatic carbocycles. The summed E-state index contributed by atoms with van der Waals surface area (Å²) in [7, 11) is -3.77. The topological polar surface area (TPSA) is 101 Å². The van der Waals surface area contributed by atoms with Gasteiger partial charge in [-0.2, -0.15) is 0 Å². The number of hydrogen-bond acceptors (Lipinski definition) is 5. The lowest BCUT2D eigenvalue weighted by Crippen LogP contribution is -2.32. The van der Waals surface area contributed by atoms with Crippen LogP contribution in [-0.2, 0) is 10.0 Å². The monoisotopic (exact) mass is 346 g/mol. The van der Waals surface area contributed by atoms with Crippen molar-refractivity contribution in [2.75, 3.05) is 6.61 Å². The van der Waals surface area contributed by atoms with Crippen molar-refractivity contribution in [2.24, 2.45) is 0 Å². The smallest absolute Gasteiger partial charge is 0.417 e. The zero-order valence-corrected chi connectivity index (χ0v) is 13.3. The Hall–Kier alpha value is -2.58. The summed E-state index contributed by atoms with van der Waals surface area (Å²) in [6.45, 7) is 0.440. The van der Waals surface area contributed by atoms with Gasteiger partial charge in [-0.1, -0.05) is 18.2 Å². The van der Waals surface area contributed by atoms with Crippen LogP contribution in [0.5, 0.6) is 5.75 Å². The van der Waals surface area contributed by atoms with Crippen molar-refractivity contribution >= 4 is 21.1 Å². The predicted octanol–water partition coefficient (Wildman–Crippen LogP) is 1.92. The van der Waals surface area contributed by atoms with E-state index in [4.69, 9.17) is 9.15 Å². The highest BCUT2D eigenvalue weighted by Crippen LogP contribution is 2.32. The second kappa shape index (κ2) is 5.50. The van der Waals surface area contributed by atoms with Crippen molar-refractivity contribution in [3.63, 3.8) is 0 Å². The van der Waals surface area contributed by atoms with E-state index in [0.29, 0.717) is 24.3 Å². The van der Waals surface area contributed by atoms with Crippen molar-refractivity contribution in [3.8, 4) is 5.75 Å². The highest BCUT2D eigenvalue weighted by Gasteiger charge is 2.26. The number of para-hydroxylation sites is 1. The number of H-pyrrole nitrogens is 1. The molecule has 8 heteroatoms. The first kappa shape index (κ1) is 15.0. The molecule has 1 aliphatic heterocycles. The Labute approximate surface area is 137 Å². The standard InChI is InChI=1S/C16H14N2O5S/c19-16-17-13-6-5-10(9-15(13)23-16)24(20,21)18-12-7-8-22-14-4-2-1-3-11(12)14/h1-6,9,12,18H,7-8H2,(H,17,19). The highest BCUT2D eigenvalue weighted by molar-refractivity contribution is 7.89. The molecule has 4 rings (SSSR count). The lowest BCUT2D eigenvalue weighted by Gasteiger charge is -2.26. The molecule has 0 bridgehead atoms. The van der Waals surface area contributed by atoms with Crippen molar-refractivity contribution in [3.05, 3.63) is 58.6 Å². The van der Waals surface area contributed by atoms with Crippen LogP contribution in [0.1, 0.15) is 18.0 Å². The molecule has 2 aromatic carbocycles. The van der Waals surface area contributed by atoms with Gasteiger partial charge in [0.1, 0.15) is 5.75 Å². The van der Waals surface area contributed by atoms with E-state index in [2.05, 4.69) is 9.71 Å². The van der Waals surface area contributed by atoms with Crippen LogP contribution >= 0.6 is 0 Å². The zero-order chi connectivity index (χ0) is 16.7. The molecule has 24 heavy (non-hydrogen) atoms. The number of aromatic nitrogens is 1. The summed E-state index contributed by atoms with van der Waals surface area (Å²) in [6, 6.07) is 11.3. The summed E-state index contributed by atoms with van der Waals surface area (Å²) in [5.74, 6) is 0.0643. The van der Waals surface area contributed by atoms with E-state index in [1.54, 1.807) is 0 Å². The minimum absolute atomic E-state index is 0.0433. The number of hydrogen-bond donors (Lipinski definition) is 2. The summed E-state index contributed by atoms with van der Waals surface area (Å²) in [5, 5.41) is 0. The summed E-state index contributed by atoms with van der Waals surface area (Å²) >= 11 is 0. The molecule has 7 nitrogen and oxygen atoms in total. The molecular weight excluding hydrogens is 332 g/mol. The number of rotatable bonds is 3. The number of benzene rings is 2. The molecule has 2 N–H and O–H groups in total. The molecule has 0 amide bonds. The maximum Gasteiger partial charge on any atom is 0.417 e. The first-order valence-electron chi connectivity index (χ1n) is 7.40. The zero-order valence-electron chi connectivity index (χ0n) is 12.5. The van der Waals surface area contributed by atoms with Crippen LogP contribution in [0, 0.1) is 0 Å². The fraction of sp³-hybridized carbons (Fsp3) is 0.188. The maximum absolute atomic E-state index is 12.7. The number of fused-ring (bicyclic) bond motifs is 2. The molecule has 0 fully saturated rings. The summed E-state index contributed by atoms with van der Waals surface area (Å²) in [6.07, 6.45) is 0.539. The molecule has 2 heterocycles. The van der Waals surface area contributed by atoms with Crippen molar-refractivity contribution < 1.29 is 17.6 Å². The van der Waals surface area contributed by atoms with Crippen molar-refractivity contribution in [1.82, 2.24) is 9.71 Å². The van der Waals surface area contributed by atoms with Gasteiger partial charge in [0.15, 0.2) is 5.58 Å². The molecule has 124 valence electrons. The third-order valence-corrected chi connectivity index (χ3v) is 5.43. The number of nitrogens with one attached hydrogen (secondary N) is 2. The molecule has 0 spiro atoms. The van der Waals surface area contributed by atoms with Crippen LogP contribution in [0.4, 0.5) is 0 Å². The van der Waals surface area contributed by atoms with Gasteiger partial charge in [0.2, 0.25) is 10.0 Å². The first-order chi connectivity index (χ1) is 11.5. The van der Waals surface area contributed by atoms with Crippen LogP contribution in [-0.4, -0.2) is 20.0 Å². The van der Waals surface area contributed by atoms with Gasteiger partial charge in [-0.15, -0.1) is 0 Å². The summed E-state index contributed by atoms with van der Waals surface area (Å²) in [5.41, 5.74) is 1.46. The van der Waals surface area contributed by atoms with E-state index in [-0.39, 0.29) is 16.5 Å². The Morgan fingerprint density at radius 2 is 2.00 bits per heavy atom. The third-order valence-electron chi connectivity index (χ3n) is 3.96. The Balaban J connectivity index is 1.69. The molecule has 1 aromatic heterocycles. The highest BCUT2D eigenvalue weighted by atomic mass is 32.2. The predicted molar refractivity (Wildman–Crippen MR) is 86.5 cm³/mol. The van der Waals surface area contributed by atoms with E-state index in [1.807, 2.05) is 24.3 Å². The van der Waals surface area contributed by atoms with E-state index in [1.165, 1.54) is 18.2 Å². The molecule has 1 atom stereocenters. The third kappa shape index (κ3) is 2.59. The maximum atomic E-state index is 12.7. The SMILES string of the molecule is O=c1[nH]c2ccc(S(=O)(=O)NC3CCOc4ccccc43)cc2o1. The minimum Gasteiger partial charge on any atom is -0.493 e. The van der Waals surface area contributed by atoms with Crippen molar-refractivity contribution in [1.29, 1.82) is 0 Å². The summed E-state index contributed by atoms with van der Waals surface area (Å²) in [4.78, 5) is 13.7. The van der Waals surface area contributed by atoms with Gasteiger partial charge in [-0.05, 0) is 18.2 Å². The van der Waals surface area contributed by atoms with Crippen LogP contribution in [0.3, 0.4) is 0 Å². The van der Waals surface area contributed by atoms with Gasteiger partial charge >= 0.3 is 5.76 Å². The number of aromatic amines is 1. The molecule has 0 saturated heterocycles. The second-order valence-corrected chi connectivity index (χ2v) is 7.24. The van der Waals surface area contributed by atoms with Gasteiger partial charge in [0.25, 0.3) is 0 Å². The Morgan fingerprint density at radius 3 is 2.88 bits per heavy atom. The average Bonchev–Trinajstić information content (AvgIpc) is 2.94. The lowest BCUT2D eigenvalue weighted by atomic mass is 10.0. The van der Waals surface area contributed by atoms with E-state index < -0.39 is 15.8 Å². The molecule has 3 aromatic rings.